The van der Waals surface area contributed by atoms with E-state index in [2.05, 4.69) is 10.2 Å². The van der Waals surface area contributed by atoms with Crippen LogP contribution in [-0.4, -0.2) is 95.4 Å². The van der Waals surface area contributed by atoms with Crippen molar-refractivity contribution in [2.45, 2.75) is 45.0 Å². The molecule has 2 aliphatic heterocycles. The number of carbonyl (C=O) groups is 2. The number of hydrogen-bond donors (Lipinski definition) is 2. The SMILES string of the molecule is CC(C)(C)OC(=O)N1CC(N2CCN(C(=O)CNc3cc(CC(F)(F)F)c(Cl)cc3O)CC2)C1. The molecule has 0 atom stereocenters. The van der Waals surface area contributed by atoms with Crippen molar-refractivity contribution in [2.24, 2.45) is 0 Å². The van der Waals surface area contributed by atoms with E-state index in [4.69, 9.17) is 16.3 Å². The van der Waals surface area contributed by atoms with Crippen LogP contribution in [0.25, 0.3) is 0 Å². The number of phenolic OH excluding ortho intramolecular Hbond substituents is 1. The summed E-state index contributed by atoms with van der Waals surface area (Å²) in [4.78, 5) is 30.2. The molecule has 1 aromatic rings. The number of piperazine rings is 1. The van der Waals surface area contributed by atoms with E-state index in [1.807, 2.05) is 20.8 Å². The Morgan fingerprint density at radius 2 is 1.74 bits per heavy atom. The molecular formula is C22H30ClF3N4O4. The van der Waals surface area contributed by atoms with E-state index in [9.17, 15) is 27.9 Å². The van der Waals surface area contributed by atoms with Gasteiger partial charge in [-0.15, -0.1) is 0 Å². The number of ether oxygens (including phenoxy) is 1. The number of hydrogen-bond acceptors (Lipinski definition) is 6. The Hall–Kier alpha value is -2.40. The summed E-state index contributed by atoms with van der Waals surface area (Å²) in [5, 5.41) is 12.5. The van der Waals surface area contributed by atoms with Gasteiger partial charge in [-0.3, -0.25) is 9.69 Å². The van der Waals surface area contributed by atoms with Crippen LogP contribution in [0.15, 0.2) is 12.1 Å². The number of benzene rings is 1. The van der Waals surface area contributed by atoms with Gasteiger partial charge in [0.15, 0.2) is 0 Å². The highest BCUT2D eigenvalue weighted by Crippen LogP contribution is 2.34. The molecule has 3 rings (SSSR count). The second-order valence-corrected chi connectivity index (χ2v) is 9.97. The van der Waals surface area contributed by atoms with Gasteiger partial charge in [-0.1, -0.05) is 11.6 Å². The van der Waals surface area contributed by atoms with Crippen LogP contribution in [0.4, 0.5) is 23.7 Å². The third-order valence-electron chi connectivity index (χ3n) is 5.68. The molecule has 0 saturated carbocycles. The molecule has 2 amide bonds. The predicted octanol–water partition coefficient (Wildman–Crippen LogP) is 3.33. The van der Waals surface area contributed by atoms with E-state index in [0.717, 1.165) is 12.1 Å². The fourth-order valence-corrected chi connectivity index (χ4v) is 4.11. The number of anilines is 1. The van der Waals surface area contributed by atoms with Crippen molar-refractivity contribution in [2.75, 3.05) is 51.1 Å². The first-order valence-corrected chi connectivity index (χ1v) is 11.4. The number of carbonyl (C=O) groups excluding carboxylic acids is 2. The zero-order valence-corrected chi connectivity index (χ0v) is 20.2. The quantitative estimate of drug-likeness (QED) is 0.596. The molecule has 2 saturated heterocycles. The number of rotatable bonds is 5. The summed E-state index contributed by atoms with van der Waals surface area (Å²) in [5.74, 6) is -0.552. The molecule has 8 nitrogen and oxygen atoms in total. The molecule has 34 heavy (non-hydrogen) atoms. The van der Waals surface area contributed by atoms with Crippen LogP contribution >= 0.6 is 11.6 Å². The Kier molecular flexibility index (Phi) is 7.76. The van der Waals surface area contributed by atoms with Gasteiger partial charge in [0.25, 0.3) is 0 Å². The van der Waals surface area contributed by atoms with Crippen molar-refractivity contribution in [3.8, 4) is 5.75 Å². The molecule has 2 fully saturated rings. The van der Waals surface area contributed by atoms with E-state index in [-0.39, 0.29) is 46.6 Å². The summed E-state index contributed by atoms with van der Waals surface area (Å²) in [7, 11) is 0. The van der Waals surface area contributed by atoms with Crippen molar-refractivity contribution < 1.29 is 32.6 Å². The number of likely N-dealkylation sites (tertiary alicyclic amines) is 1. The molecule has 12 heteroatoms. The van der Waals surface area contributed by atoms with Gasteiger partial charge < -0.3 is 25.0 Å². The van der Waals surface area contributed by atoms with Crippen molar-refractivity contribution in [3.05, 3.63) is 22.7 Å². The van der Waals surface area contributed by atoms with Crippen molar-refractivity contribution in [1.82, 2.24) is 14.7 Å². The van der Waals surface area contributed by atoms with Gasteiger partial charge in [-0.25, -0.2) is 4.79 Å². The first-order chi connectivity index (χ1) is 15.7. The largest absolute Gasteiger partial charge is 0.506 e. The lowest BCUT2D eigenvalue weighted by atomic mass is 10.1. The molecule has 2 heterocycles. The van der Waals surface area contributed by atoms with Crippen molar-refractivity contribution >= 4 is 29.3 Å². The average molecular weight is 507 g/mol. The molecular weight excluding hydrogens is 477 g/mol. The van der Waals surface area contributed by atoms with Crippen LogP contribution < -0.4 is 5.32 Å². The third kappa shape index (κ3) is 7.05. The van der Waals surface area contributed by atoms with Gasteiger partial charge in [0.1, 0.15) is 11.4 Å². The minimum Gasteiger partial charge on any atom is -0.506 e. The molecule has 2 aliphatic rings. The van der Waals surface area contributed by atoms with Crippen LogP contribution in [0.3, 0.4) is 0 Å². The molecule has 0 aliphatic carbocycles. The Labute approximate surface area is 201 Å². The summed E-state index contributed by atoms with van der Waals surface area (Å²) in [6.45, 7) is 8.76. The third-order valence-corrected chi connectivity index (χ3v) is 6.03. The monoisotopic (exact) mass is 506 g/mol. The van der Waals surface area contributed by atoms with Gasteiger partial charge in [-0.2, -0.15) is 13.2 Å². The molecule has 190 valence electrons. The number of amides is 2. The fraction of sp³-hybridized carbons (Fsp3) is 0.636. The molecule has 0 spiro atoms. The minimum atomic E-state index is -4.45. The topological polar surface area (TPSA) is 85.4 Å². The Bertz CT molecular complexity index is 909. The smallest absolute Gasteiger partial charge is 0.410 e. The highest BCUT2D eigenvalue weighted by atomic mass is 35.5. The Morgan fingerprint density at radius 1 is 1.12 bits per heavy atom. The second kappa shape index (κ2) is 10.1. The molecule has 0 unspecified atom stereocenters. The number of nitrogens with zero attached hydrogens (tertiary/aromatic N) is 3. The highest BCUT2D eigenvalue weighted by molar-refractivity contribution is 6.31. The summed E-state index contributed by atoms with van der Waals surface area (Å²) in [6, 6.07) is 2.37. The lowest BCUT2D eigenvalue weighted by Gasteiger charge is -2.48. The number of alkyl halides is 3. The van der Waals surface area contributed by atoms with Crippen LogP contribution in [0, 0.1) is 0 Å². The number of halogens is 4. The van der Waals surface area contributed by atoms with E-state index < -0.39 is 18.2 Å². The molecule has 0 bridgehead atoms. The highest BCUT2D eigenvalue weighted by Gasteiger charge is 2.38. The van der Waals surface area contributed by atoms with Gasteiger partial charge >= 0.3 is 12.3 Å². The zero-order valence-electron chi connectivity index (χ0n) is 19.4. The van der Waals surface area contributed by atoms with Crippen LogP contribution in [0.1, 0.15) is 26.3 Å². The minimum absolute atomic E-state index is 0.0207. The van der Waals surface area contributed by atoms with Crippen LogP contribution in [0.2, 0.25) is 5.02 Å². The summed E-state index contributed by atoms with van der Waals surface area (Å²) in [5.41, 5.74) is -0.700. The summed E-state index contributed by atoms with van der Waals surface area (Å²) < 4.78 is 43.5. The maximum atomic E-state index is 12.7. The summed E-state index contributed by atoms with van der Waals surface area (Å²) in [6.07, 6.45) is -6.01. The van der Waals surface area contributed by atoms with Crippen molar-refractivity contribution in [3.63, 3.8) is 0 Å². The molecule has 2 N–H and O–H groups in total. The van der Waals surface area contributed by atoms with Crippen LogP contribution in [0.5, 0.6) is 5.75 Å². The number of aromatic hydroxyl groups is 1. The fourth-order valence-electron chi connectivity index (χ4n) is 3.88. The van der Waals surface area contributed by atoms with Crippen molar-refractivity contribution in [1.29, 1.82) is 0 Å². The van der Waals surface area contributed by atoms with Gasteiger partial charge in [0.05, 0.1) is 18.7 Å². The normalized spacial score (nSPS) is 18.0. The standard InChI is InChI=1S/C22H30ClF3N4O4/c1-21(2,3)34-20(33)30-12-15(13-30)28-4-6-29(7-5-28)19(32)11-27-17-8-14(10-22(24,25)26)16(23)9-18(17)31/h8-9,15,27,31H,4-7,10-13H2,1-3H3. The van der Waals surface area contributed by atoms with E-state index in [1.54, 1.807) is 9.80 Å². The average Bonchev–Trinajstić information content (AvgIpc) is 2.66. The molecule has 1 aromatic carbocycles. The Balaban J connectivity index is 1.44. The van der Waals surface area contributed by atoms with Gasteiger partial charge in [0, 0.05) is 56.4 Å². The lowest BCUT2D eigenvalue weighted by molar-refractivity contribution is -0.132. The number of nitrogens with one attached hydrogen (secondary N) is 1. The van der Waals surface area contributed by atoms with E-state index >= 15 is 0 Å². The maximum absolute atomic E-state index is 12.7. The first kappa shape index (κ1) is 26.2. The van der Waals surface area contributed by atoms with E-state index in [1.165, 1.54) is 0 Å². The Morgan fingerprint density at radius 3 is 2.29 bits per heavy atom. The van der Waals surface area contributed by atoms with Gasteiger partial charge in [-0.05, 0) is 32.4 Å². The number of phenols is 1. The predicted molar refractivity (Wildman–Crippen MR) is 121 cm³/mol. The van der Waals surface area contributed by atoms with Gasteiger partial charge in [0.2, 0.25) is 5.91 Å². The lowest BCUT2D eigenvalue weighted by Crippen LogP contribution is -2.65. The molecule has 0 aromatic heterocycles. The zero-order chi connectivity index (χ0) is 25.3. The van der Waals surface area contributed by atoms with Crippen LogP contribution in [-0.2, 0) is 16.0 Å². The van der Waals surface area contributed by atoms with E-state index in [0.29, 0.717) is 39.3 Å². The first-order valence-electron chi connectivity index (χ1n) is 11.0. The second-order valence-electron chi connectivity index (χ2n) is 9.56. The maximum Gasteiger partial charge on any atom is 0.410 e. The molecule has 0 radical (unpaired) electrons. The summed E-state index contributed by atoms with van der Waals surface area (Å²) >= 11 is 5.81.